The molecule has 2 aromatic heterocycles. The number of benzene rings is 1. The van der Waals surface area contributed by atoms with Crippen LogP contribution in [0.1, 0.15) is 35.2 Å². The van der Waals surface area contributed by atoms with E-state index in [-0.39, 0.29) is 5.91 Å². The van der Waals surface area contributed by atoms with Crippen molar-refractivity contribution < 1.29 is 9.90 Å². The van der Waals surface area contributed by atoms with Crippen molar-refractivity contribution in [2.24, 2.45) is 0 Å². The molecule has 2 saturated heterocycles. The van der Waals surface area contributed by atoms with Crippen molar-refractivity contribution in [3.63, 3.8) is 0 Å². The third-order valence-corrected chi connectivity index (χ3v) is 6.75. The van der Waals surface area contributed by atoms with Crippen LogP contribution in [-0.2, 0) is 6.54 Å². The molecule has 2 fully saturated rings. The molecule has 5 rings (SSSR count). The molecule has 1 atom stereocenters. The Morgan fingerprint density at radius 2 is 1.91 bits per heavy atom. The summed E-state index contributed by atoms with van der Waals surface area (Å²) >= 11 is 0. The van der Waals surface area contributed by atoms with Crippen LogP contribution in [0, 0.1) is 0 Å². The van der Waals surface area contributed by atoms with Gasteiger partial charge in [0.1, 0.15) is 17.1 Å². The summed E-state index contributed by atoms with van der Waals surface area (Å²) < 4.78 is 2.03. The van der Waals surface area contributed by atoms with E-state index in [1.165, 1.54) is 18.4 Å². The maximum atomic E-state index is 13.0. The fourth-order valence-electron chi connectivity index (χ4n) is 5.06. The average molecular weight is 434 g/mol. The maximum absolute atomic E-state index is 13.0. The summed E-state index contributed by atoms with van der Waals surface area (Å²) in [5.41, 5.74) is 1.85. The SMILES string of the molecule is CN(C[C@@]1(O)CCN(c2cccc3nccn23)C1)C(=O)c1ccc(CN2CCCC2)cc1. The standard InChI is InChI=1S/C25H31N5O2/c1-27(24(31)21-9-7-20(8-10-21)17-28-13-2-3-14-28)18-25(32)11-15-29(19-25)23-6-4-5-22-26-12-16-30(22)23/h4-10,12,16,32H,2-3,11,13-15,17-19H2,1H3/t25-/m0/s1. The summed E-state index contributed by atoms with van der Waals surface area (Å²) in [5.74, 6) is 0.958. The molecule has 168 valence electrons. The van der Waals surface area contributed by atoms with Gasteiger partial charge >= 0.3 is 0 Å². The number of carbonyl (C=O) groups excluding carboxylic acids is 1. The Morgan fingerprint density at radius 3 is 2.69 bits per heavy atom. The molecule has 0 bridgehead atoms. The fourth-order valence-corrected chi connectivity index (χ4v) is 5.06. The number of amides is 1. The van der Waals surface area contributed by atoms with Crippen LogP contribution in [0.15, 0.2) is 54.9 Å². The first kappa shape index (κ1) is 21.0. The van der Waals surface area contributed by atoms with E-state index in [1.54, 1.807) is 18.1 Å². The number of rotatable bonds is 6. The summed E-state index contributed by atoms with van der Waals surface area (Å²) in [4.78, 5) is 23.6. The van der Waals surface area contributed by atoms with Crippen LogP contribution < -0.4 is 4.90 Å². The van der Waals surface area contributed by atoms with Crippen molar-refractivity contribution in [1.29, 1.82) is 0 Å². The van der Waals surface area contributed by atoms with Gasteiger partial charge in [0, 0.05) is 44.6 Å². The number of hydrogen-bond donors (Lipinski definition) is 1. The molecule has 0 spiro atoms. The number of hydrogen-bond acceptors (Lipinski definition) is 5. The Balaban J connectivity index is 1.22. The summed E-state index contributed by atoms with van der Waals surface area (Å²) in [6, 6.07) is 13.9. The lowest BCUT2D eigenvalue weighted by atomic mass is 10.0. The topological polar surface area (TPSA) is 64.3 Å². The number of imidazole rings is 1. The quantitative estimate of drug-likeness (QED) is 0.648. The van der Waals surface area contributed by atoms with Crippen LogP contribution >= 0.6 is 0 Å². The van der Waals surface area contributed by atoms with E-state index in [2.05, 4.69) is 26.9 Å². The molecule has 7 heteroatoms. The molecule has 7 nitrogen and oxygen atoms in total. The number of likely N-dealkylation sites (tertiary alicyclic amines) is 1. The number of anilines is 1. The van der Waals surface area contributed by atoms with Gasteiger partial charge in [0.15, 0.2) is 0 Å². The molecular weight excluding hydrogens is 402 g/mol. The van der Waals surface area contributed by atoms with Gasteiger partial charge in [-0.25, -0.2) is 4.98 Å². The van der Waals surface area contributed by atoms with Gasteiger partial charge < -0.3 is 14.9 Å². The second-order valence-electron chi connectivity index (χ2n) is 9.28. The fraction of sp³-hybridized carbons (Fsp3) is 0.440. The lowest BCUT2D eigenvalue weighted by molar-refractivity contribution is 0.0264. The Morgan fingerprint density at radius 1 is 1.12 bits per heavy atom. The van der Waals surface area contributed by atoms with E-state index in [1.807, 2.05) is 40.9 Å². The zero-order chi connectivity index (χ0) is 22.1. The third-order valence-electron chi connectivity index (χ3n) is 6.75. The number of aliphatic hydroxyl groups is 1. The lowest BCUT2D eigenvalue weighted by Crippen LogP contribution is -2.46. The maximum Gasteiger partial charge on any atom is 0.253 e. The highest BCUT2D eigenvalue weighted by Gasteiger charge is 2.38. The molecule has 0 unspecified atom stereocenters. The van der Waals surface area contributed by atoms with Gasteiger partial charge in [-0.05, 0) is 62.2 Å². The summed E-state index contributed by atoms with van der Waals surface area (Å²) in [6.07, 6.45) is 6.89. The number of fused-ring (bicyclic) bond motifs is 1. The molecule has 0 radical (unpaired) electrons. The average Bonchev–Trinajstić information content (AvgIpc) is 3.55. The molecule has 0 aliphatic carbocycles. The molecule has 1 N–H and O–H groups in total. The molecule has 2 aliphatic rings. The Bertz CT molecular complexity index is 1090. The highest BCUT2D eigenvalue weighted by molar-refractivity contribution is 5.94. The van der Waals surface area contributed by atoms with Crippen LogP contribution in [0.25, 0.3) is 5.65 Å². The molecule has 3 aromatic rings. The first-order valence-corrected chi connectivity index (χ1v) is 11.5. The van der Waals surface area contributed by atoms with Gasteiger partial charge in [0.2, 0.25) is 0 Å². The van der Waals surface area contributed by atoms with Crippen LogP contribution in [0.2, 0.25) is 0 Å². The first-order valence-electron chi connectivity index (χ1n) is 11.5. The summed E-state index contributed by atoms with van der Waals surface area (Å²) in [7, 11) is 1.78. The van der Waals surface area contributed by atoms with Crippen molar-refractivity contribution in [2.75, 3.05) is 44.7 Å². The van der Waals surface area contributed by atoms with E-state index in [0.29, 0.717) is 25.1 Å². The second kappa shape index (κ2) is 8.56. The van der Waals surface area contributed by atoms with Gasteiger partial charge in [-0.15, -0.1) is 0 Å². The predicted octanol–water partition coefficient (Wildman–Crippen LogP) is 2.64. The molecular formula is C25H31N5O2. The van der Waals surface area contributed by atoms with Crippen LogP contribution in [0.5, 0.6) is 0 Å². The molecule has 1 amide bonds. The zero-order valence-corrected chi connectivity index (χ0v) is 18.7. The first-order chi connectivity index (χ1) is 15.5. The molecule has 32 heavy (non-hydrogen) atoms. The van der Waals surface area contributed by atoms with E-state index in [9.17, 15) is 9.90 Å². The van der Waals surface area contributed by atoms with Crippen molar-refractivity contribution in [2.45, 2.75) is 31.4 Å². The van der Waals surface area contributed by atoms with Crippen molar-refractivity contribution in [3.8, 4) is 0 Å². The minimum atomic E-state index is -0.942. The second-order valence-corrected chi connectivity index (χ2v) is 9.28. The van der Waals surface area contributed by atoms with Gasteiger partial charge in [-0.1, -0.05) is 18.2 Å². The number of likely N-dealkylation sites (N-methyl/N-ethyl adjacent to an activating group) is 1. The van der Waals surface area contributed by atoms with Gasteiger partial charge in [-0.2, -0.15) is 0 Å². The monoisotopic (exact) mass is 433 g/mol. The molecule has 4 heterocycles. The molecule has 2 aliphatic heterocycles. The number of aromatic nitrogens is 2. The normalized spacial score (nSPS) is 21.5. The Labute approximate surface area is 188 Å². The smallest absolute Gasteiger partial charge is 0.253 e. The van der Waals surface area contributed by atoms with Crippen LogP contribution in [0.4, 0.5) is 5.82 Å². The minimum Gasteiger partial charge on any atom is -0.386 e. The molecule has 0 saturated carbocycles. The van der Waals surface area contributed by atoms with Gasteiger partial charge in [-0.3, -0.25) is 14.1 Å². The number of carbonyl (C=O) groups is 1. The van der Waals surface area contributed by atoms with E-state index in [0.717, 1.165) is 37.6 Å². The van der Waals surface area contributed by atoms with E-state index >= 15 is 0 Å². The Hall–Kier alpha value is -2.90. The number of β-amino-alcohol motifs (C(OH)–C–C–N with tert-alkyl or cyclic N) is 1. The van der Waals surface area contributed by atoms with Crippen LogP contribution in [-0.4, -0.2) is 75.6 Å². The Kier molecular flexibility index (Phi) is 5.61. The highest BCUT2D eigenvalue weighted by atomic mass is 16.3. The number of pyridine rings is 1. The predicted molar refractivity (Wildman–Crippen MR) is 125 cm³/mol. The molecule has 1 aromatic carbocycles. The highest BCUT2D eigenvalue weighted by Crippen LogP contribution is 2.28. The summed E-state index contributed by atoms with van der Waals surface area (Å²) in [5, 5.41) is 11.2. The van der Waals surface area contributed by atoms with Gasteiger partial charge in [0.05, 0.1) is 6.54 Å². The largest absolute Gasteiger partial charge is 0.386 e. The van der Waals surface area contributed by atoms with Crippen molar-refractivity contribution in [1.82, 2.24) is 19.2 Å². The van der Waals surface area contributed by atoms with E-state index < -0.39 is 5.60 Å². The number of nitrogens with zero attached hydrogens (tertiary/aromatic N) is 5. The van der Waals surface area contributed by atoms with Crippen LogP contribution in [0.3, 0.4) is 0 Å². The van der Waals surface area contributed by atoms with E-state index in [4.69, 9.17) is 0 Å². The minimum absolute atomic E-state index is 0.0543. The lowest BCUT2D eigenvalue weighted by Gasteiger charge is -2.29. The third kappa shape index (κ3) is 4.23. The summed E-state index contributed by atoms with van der Waals surface area (Å²) in [6.45, 7) is 4.79. The zero-order valence-electron chi connectivity index (χ0n) is 18.7. The van der Waals surface area contributed by atoms with Gasteiger partial charge in [0.25, 0.3) is 5.91 Å². The van der Waals surface area contributed by atoms with Crippen molar-refractivity contribution in [3.05, 3.63) is 66.0 Å². The van der Waals surface area contributed by atoms with Crippen molar-refractivity contribution >= 4 is 17.4 Å².